The van der Waals surface area contributed by atoms with Crippen LogP contribution in [0.4, 0.5) is 4.79 Å². The summed E-state index contributed by atoms with van der Waals surface area (Å²) < 4.78 is 0. The van der Waals surface area contributed by atoms with Crippen molar-refractivity contribution in [3.63, 3.8) is 0 Å². The third kappa shape index (κ3) is 2.86. The average molecular weight is 348 g/mol. The minimum absolute atomic E-state index is 0.111. The largest absolute Gasteiger partial charge is 0.334 e. The van der Waals surface area contributed by atoms with Gasteiger partial charge >= 0.3 is 6.03 Å². The topological polar surface area (TPSA) is 48.5 Å². The number of hydrogen-bond donors (Lipinski definition) is 1. The number of benzene rings is 1. The molecule has 1 aromatic heterocycles. The van der Waals surface area contributed by atoms with E-state index in [0.29, 0.717) is 17.9 Å². The lowest BCUT2D eigenvalue weighted by atomic mass is 10.1. The SMILES string of the molecule is O=C(NC1C2Cc3ccccc3C21)N1CCN(Cc2ccccn2)CC1. The van der Waals surface area contributed by atoms with Crippen LogP contribution in [0.3, 0.4) is 0 Å². The highest BCUT2D eigenvalue weighted by atomic mass is 16.2. The molecular formula is C21H24N4O. The summed E-state index contributed by atoms with van der Waals surface area (Å²) in [4.78, 5) is 21.4. The van der Waals surface area contributed by atoms with E-state index in [0.717, 1.165) is 44.8 Å². The Kier molecular flexibility index (Phi) is 3.89. The molecule has 3 aliphatic rings. The van der Waals surface area contributed by atoms with E-state index in [1.807, 2.05) is 23.2 Å². The highest BCUT2D eigenvalue weighted by Crippen LogP contribution is 2.56. The number of amides is 2. The summed E-state index contributed by atoms with van der Waals surface area (Å²) in [5, 5.41) is 3.29. The first-order valence-corrected chi connectivity index (χ1v) is 9.55. The lowest BCUT2D eigenvalue weighted by molar-refractivity contribution is 0.134. The predicted molar refractivity (Wildman–Crippen MR) is 99.8 cm³/mol. The first kappa shape index (κ1) is 15.8. The number of nitrogens with zero attached hydrogens (tertiary/aromatic N) is 3. The van der Waals surface area contributed by atoms with E-state index >= 15 is 0 Å². The second kappa shape index (κ2) is 6.40. The van der Waals surface area contributed by atoms with Gasteiger partial charge in [-0.2, -0.15) is 0 Å². The molecule has 2 heterocycles. The van der Waals surface area contributed by atoms with Crippen molar-refractivity contribution >= 4 is 6.03 Å². The lowest BCUT2D eigenvalue weighted by Gasteiger charge is -2.34. The van der Waals surface area contributed by atoms with Crippen LogP contribution in [0.5, 0.6) is 0 Å². The van der Waals surface area contributed by atoms with Gasteiger partial charge in [-0.05, 0) is 35.6 Å². The van der Waals surface area contributed by atoms with Crippen LogP contribution in [0, 0.1) is 5.92 Å². The van der Waals surface area contributed by atoms with Gasteiger partial charge in [0.15, 0.2) is 0 Å². The fraction of sp³-hybridized carbons (Fsp3) is 0.429. The van der Waals surface area contributed by atoms with E-state index in [1.54, 1.807) is 0 Å². The number of fused-ring (bicyclic) bond motifs is 3. The van der Waals surface area contributed by atoms with Crippen molar-refractivity contribution in [3.05, 3.63) is 65.5 Å². The van der Waals surface area contributed by atoms with E-state index in [9.17, 15) is 4.79 Å². The van der Waals surface area contributed by atoms with Gasteiger partial charge in [-0.25, -0.2) is 4.79 Å². The molecule has 5 heteroatoms. The Bertz CT molecular complexity index is 801. The van der Waals surface area contributed by atoms with Crippen molar-refractivity contribution in [2.24, 2.45) is 5.92 Å². The van der Waals surface area contributed by atoms with Gasteiger partial charge in [0.2, 0.25) is 0 Å². The predicted octanol–water partition coefficient (Wildman–Crippen LogP) is 2.25. The van der Waals surface area contributed by atoms with Gasteiger partial charge in [-0.3, -0.25) is 9.88 Å². The maximum Gasteiger partial charge on any atom is 0.317 e. The van der Waals surface area contributed by atoms with Crippen molar-refractivity contribution in [2.45, 2.75) is 24.9 Å². The molecule has 1 aromatic carbocycles. The third-order valence-electron chi connectivity index (χ3n) is 6.10. The maximum absolute atomic E-state index is 12.6. The Balaban J connectivity index is 1.12. The van der Waals surface area contributed by atoms with Gasteiger partial charge in [0.25, 0.3) is 0 Å². The number of pyridine rings is 1. The molecule has 3 atom stereocenters. The molecule has 3 unspecified atom stereocenters. The number of urea groups is 1. The molecule has 0 spiro atoms. The Morgan fingerprint density at radius 2 is 1.88 bits per heavy atom. The molecule has 5 nitrogen and oxygen atoms in total. The third-order valence-corrected chi connectivity index (χ3v) is 6.10. The average Bonchev–Trinajstić information content (AvgIpc) is 3.19. The van der Waals surface area contributed by atoms with Crippen LogP contribution in [-0.4, -0.2) is 53.0 Å². The standard InChI is InChI=1S/C21H24N4O/c26-21(23-20-18-13-15-5-1-2-7-17(15)19(18)20)25-11-9-24(10-12-25)14-16-6-3-4-8-22-16/h1-8,18-20H,9-14H2,(H,23,26). The van der Waals surface area contributed by atoms with Gasteiger partial charge in [0, 0.05) is 50.9 Å². The van der Waals surface area contributed by atoms with Crippen LogP contribution in [0.2, 0.25) is 0 Å². The normalized spacial score (nSPS) is 26.9. The molecule has 0 radical (unpaired) electrons. The summed E-state index contributed by atoms with van der Waals surface area (Å²) in [6, 6.07) is 15.1. The second-order valence-corrected chi connectivity index (χ2v) is 7.65. The van der Waals surface area contributed by atoms with Crippen LogP contribution in [0.1, 0.15) is 22.7 Å². The van der Waals surface area contributed by atoms with E-state index in [2.05, 4.69) is 45.5 Å². The maximum atomic E-state index is 12.6. The van der Waals surface area contributed by atoms with E-state index in [1.165, 1.54) is 11.1 Å². The van der Waals surface area contributed by atoms with Crippen molar-refractivity contribution < 1.29 is 4.79 Å². The molecule has 26 heavy (non-hydrogen) atoms. The molecular weight excluding hydrogens is 324 g/mol. The number of nitrogens with one attached hydrogen (secondary N) is 1. The van der Waals surface area contributed by atoms with Crippen LogP contribution in [0.25, 0.3) is 0 Å². The van der Waals surface area contributed by atoms with Crippen LogP contribution >= 0.6 is 0 Å². The molecule has 1 aliphatic heterocycles. The smallest absolute Gasteiger partial charge is 0.317 e. The first-order chi connectivity index (χ1) is 12.8. The fourth-order valence-electron chi connectivity index (χ4n) is 4.61. The Hall–Kier alpha value is -2.40. The monoisotopic (exact) mass is 348 g/mol. The molecule has 1 saturated heterocycles. The molecule has 1 saturated carbocycles. The van der Waals surface area contributed by atoms with Crippen molar-refractivity contribution in [1.29, 1.82) is 0 Å². The van der Waals surface area contributed by atoms with Crippen molar-refractivity contribution in [3.8, 4) is 0 Å². The van der Waals surface area contributed by atoms with Gasteiger partial charge in [0.05, 0.1) is 5.69 Å². The van der Waals surface area contributed by atoms with Crippen LogP contribution in [-0.2, 0) is 13.0 Å². The molecule has 2 aliphatic carbocycles. The number of aromatic nitrogens is 1. The molecule has 0 bridgehead atoms. The molecule has 5 rings (SSSR count). The van der Waals surface area contributed by atoms with Crippen LogP contribution in [0.15, 0.2) is 48.7 Å². The highest BCUT2D eigenvalue weighted by Gasteiger charge is 2.56. The molecule has 134 valence electrons. The number of rotatable bonds is 3. The summed E-state index contributed by atoms with van der Waals surface area (Å²) in [6.07, 6.45) is 2.95. The molecule has 2 aromatic rings. The van der Waals surface area contributed by atoms with Gasteiger partial charge in [-0.1, -0.05) is 30.3 Å². The fourth-order valence-corrected chi connectivity index (χ4v) is 4.61. The minimum Gasteiger partial charge on any atom is -0.334 e. The summed E-state index contributed by atoms with van der Waals surface area (Å²) >= 11 is 0. The number of hydrogen-bond acceptors (Lipinski definition) is 3. The summed E-state index contributed by atoms with van der Waals surface area (Å²) in [5.74, 6) is 1.15. The Morgan fingerprint density at radius 3 is 2.69 bits per heavy atom. The highest BCUT2D eigenvalue weighted by molar-refractivity contribution is 5.75. The van der Waals surface area contributed by atoms with Crippen molar-refractivity contribution in [1.82, 2.24) is 20.1 Å². The summed E-state index contributed by atoms with van der Waals surface area (Å²) in [6.45, 7) is 4.25. The lowest BCUT2D eigenvalue weighted by Crippen LogP contribution is -2.52. The summed E-state index contributed by atoms with van der Waals surface area (Å²) in [5.41, 5.74) is 4.01. The van der Waals surface area contributed by atoms with Crippen LogP contribution < -0.4 is 5.32 Å². The molecule has 2 fully saturated rings. The number of piperazine rings is 1. The zero-order valence-electron chi connectivity index (χ0n) is 14.8. The van der Waals surface area contributed by atoms with Crippen molar-refractivity contribution in [2.75, 3.05) is 26.2 Å². The quantitative estimate of drug-likeness (QED) is 0.925. The zero-order valence-corrected chi connectivity index (χ0v) is 14.8. The number of carbonyl (C=O) groups is 1. The van der Waals surface area contributed by atoms with E-state index < -0.39 is 0 Å². The molecule has 2 amide bonds. The first-order valence-electron chi connectivity index (χ1n) is 9.55. The zero-order chi connectivity index (χ0) is 17.5. The number of carbonyl (C=O) groups excluding carboxylic acids is 1. The second-order valence-electron chi connectivity index (χ2n) is 7.65. The Labute approximate surface area is 154 Å². The van der Waals surface area contributed by atoms with E-state index in [-0.39, 0.29) is 6.03 Å². The molecule has 1 N–H and O–H groups in total. The van der Waals surface area contributed by atoms with Gasteiger partial charge < -0.3 is 10.2 Å². The van der Waals surface area contributed by atoms with Gasteiger partial charge in [0.1, 0.15) is 0 Å². The minimum atomic E-state index is 0.111. The van der Waals surface area contributed by atoms with E-state index in [4.69, 9.17) is 0 Å². The van der Waals surface area contributed by atoms with Gasteiger partial charge in [-0.15, -0.1) is 0 Å². The Morgan fingerprint density at radius 1 is 1.08 bits per heavy atom. The summed E-state index contributed by atoms with van der Waals surface area (Å²) in [7, 11) is 0.